The number of piperidine rings is 1. The topological polar surface area (TPSA) is 9.72 Å². The molecule has 2 rings (SSSR count). The minimum atomic E-state index is 0.765. The summed E-state index contributed by atoms with van der Waals surface area (Å²) < 4.78 is 0. The summed E-state index contributed by atoms with van der Waals surface area (Å²) in [6, 6.07) is 0.814. The van der Waals surface area contributed by atoms with E-state index in [4.69, 9.17) is 11.6 Å². The molecule has 2 heterocycles. The fourth-order valence-corrected chi connectivity index (χ4v) is 3.52. The molecule has 2 aliphatic heterocycles. The third kappa shape index (κ3) is 4.75. The highest BCUT2D eigenvalue weighted by Crippen LogP contribution is 2.18. The summed E-state index contributed by atoms with van der Waals surface area (Å²) in [6.07, 6.45) is 3.98. The van der Waals surface area contributed by atoms with Crippen LogP contribution >= 0.6 is 11.6 Å². The monoisotopic (exact) mass is 285 g/mol. The van der Waals surface area contributed by atoms with E-state index in [9.17, 15) is 0 Å². The Balaban J connectivity index is 1.69. The molecular weight excluding hydrogens is 258 g/mol. The highest BCUT2D eigenvalue weighted by Gasteiger charge is 2.26. The molecule has 110 valence electrons. The molecule has 4 heteroatoms. The van der Waals surface area contributed by atoms with E-state index in [1.54, 1.807) is 0 Å². The Hall–Kier alpha value is -0.0900. The van der Waals surface area contributed by atoms with E-state index < -0.39 is 0 Å². The Morgan fingerprint density at radius 3 is 2.21 bits per heavy atom. The molecule has 2 fully saturated rings. The molecule has 3 nitrogen and oxygen atoms in total. The summed E-state index contributed by atoms with van der Waals surface area (Å²) in [6.45, 7) is 15.4. The number of likely N-dealkylation sites (tertiary alicyclic amines) is 1. The fourth-order valence-electron chi connectivity index (χ4n) is 3.35. The molecule has 0 N–H and O–H groups in total. The van der Waals surface area contributed by atoms with Crippen molar-refractivity contribution in [1.82, 2.24) is 14.7 Å². The maximum absolute atomic E-state index is 5.89. The van der Waals surface area contributed by atoms with E-state index in [0.29, 0.717) is 0 Å². The lowest BCUT2D eigenvalue weighted by atomic mass is 10.0. The molecule has 0 radical (unpaired) electrons. The van der Waals surface area contributed by atoms with E-state index in [-0.39, 0.29) is 0 Å². The second-order valence-corrected chi connectivity index (χ2v) is 6.44. The second kappa shape index (κ2) is 7.63. The Morgan fingerprint density at radius 2 is 1.68 bits per heavy atom. The summed E-state index contributed by atoms with van der Waals surface area (Å²) in [5.41, 5.74) is 0. The largest absolute Gasteiger partial charge is 0.303 e. The summed E-state index contributed by atoms with van der Waals surface area (Å²) >= 11 is 5.89. The van der Waals surface area contributed by atoms with Crippen molar-refractivity contribution in [3.05, 3.63) is 11.6 Å². The van der Waals surface area contributed by atoms with Gasteiger partial charge in [0.15, 0.2) is 0 Å². The van der Waals surface area contributed by atoms with Crippen molar-refractivity contribution in [3.8, 4) is 0 Å². The van der Waals surface area contributed by atoms with Gasteiger partial charge in [-0.25, -0.2) is 0 Å². The molecule has 0 spiro atoms. The molecule has 0 aliphatic carbocycles. The Bertz CT molecular complexity index is 279. The van der Waals surface area contributed by atoms with Gasteiger partial charge < -0.3 is 4.90 Å². The number of piperazine rings is 1. The first-order valence-corrected chi connectivity index (χ1v) is 8.09. The van der Waals surface area contributed by atoms with Crippen LogP contribution in [0.1, 0.15) is 26.2 Å². The van der Waals surface area contributed by atoms with Gasteiger partial charge in [0.05, 0.1) is 0 Å². The SMILES string of the molecule is C=C(Cl)CN1CCN(C2CCN(CCC)CC2)CC1. The highest BCUT2D eigenvalue weighted by atomic mass is 35.5. The van der Waals surface area contributed by atoms with Crippen molar-refractivity contribution in [1.29, 1.82) is 0 Å². The highest BCUT2D eigenvalue weighted by molar-refractivity contribution is 6.29. The van der Waals surface area contributed by atoms with E-state index in [2.05, 4.69) is 28.2 Å². The minimum Gasteiger partial charge on any atom is -0.303 e. The summed E-state index contributed by atoms with van der Waals surface area (Å²) in [7, 11) is 0. The lowest BCUT2D eigenvalue weighted by Crippen LogP contribution is -2.53. The number of halogens is 1. The molecule has 2 saturated heterocycles. The first-order valence-electron chi connectivity index (χ1n) is 7.71. The van der Waals surface area contributed by atoms with Gasteiger partial charge in [-0.15, -0.1) is 0 Å². The smallest absolute Gasteiger partial charge is 0.0336 e. The average Bonchev–Trinajstić information content (AvgIpc) is 2.40. The van der Waals surface area contributed by atoms with E-state index >= 15 is 0 Å². The van der Waals surface area contributed by atoms with Gasteiger partial charge in [-0.1, -0.05) is 25.1 Å². The van der Waals surface area contributed by atoms with Gasteiger partial charge in [-0.3, -0.25) is 9.80 Å². The molecule has 0 aromatic rings. The maximum Gasteiger partial charge on any atom is 0.0336 e. The van der Waals surface area contributed by atoms with Crippen LogP contribution in [0, 0.1) is 0 Å². The van der Waals surface area contributed by atoms with Crippen LogP contribution in [-0.2, 0) is 0 Å². The third-order valence-electron chi connectivity index (χ3n) is 4.42. The molecule has 0 aromatic carbocycles. The molecule has 0 saturated carbocycles. The molecule has 0 aromatic heterocycles. The molecule has 0 bridgehead atoms. The van der Waals surface area contributed by atoms with Gasteiger partial charge in [0, 0.05) is 43.8 Å². The van der Waals surface area contributed by atoms with Gasteiger partial charge >= 0.3 is 0 Å². The number of nitrogens with zero attached hydrogens (tertiary/aromatic N) is 3. The van der Waals surface area contributed by atoms with Crippen molar-refractivity contribution in [3.63, 3.8) is 0 Å². The molecule has 0 amide bonds. The Morgan fingerprint density at radius 1 is 1.05 bits per heavy atom. The predicted molar refractivity (Wildman–Crippen MR) is 82.8 cm³/mol. The van der Waals surface area contributed by atoms with E-state index in [1.807, 2.05) is 0 Å². The molecule has 0 atom stereocenters. The standard InChI is InChI=1S/C15H28ClN3/c1-3-6-17-7-4-15(5-8-17)19-11-9-18(10-12-19)13-14(2)16/h15H,2-13H2,1H3. The summed E-state index contributed by atoms with van der Waals surface area (Å²) in [5.74, 6) is 0. The van der Waals surface area contributed by atoms with Crippen LogP contribution < -0.4 is 0 Å². The number of rotatable bonds is 5. The minimum absolute atomic E-state index is 0.765. The first-order chi connectivity index (χ1) is 9.19. The third-order valence-corrected chi connectivity index (χ3v) is 4.53. The van der Waals surface area contributed by atoms with Crippen molar-refractivity contribution in [2.75, 3.05) is 52.4 Å². The van der Waals surface area contributed by atoms with Gasteiger partial charge in [-0.05, 0) is 38.9 Å². The molecular formula is C15H28ClN3. The predicted octanol–water partition coefficient (Wildman–Crippen LogP) is 2.23. The van der Waals surface area contributed by atoms with Crippen LogP contribution in [0.25, 0.3) is 0 Å². The summed E-state index contributed by atoms with van der Waals surface area (Å²) in [5, 5.41) is 0.765. The molecule has 0 unspecified atom stereocenters. The van der Waals surface area contributed by atoms with Crippen LogP contribution in [0.2, 0.25) is 0 Å². The van der Waals surface area contributed by atoms with Crippen LogP contribution in [-0.4, -0.2) is 73.1 Å². The number of hydrogen-bond donors (Lipinski definition) is 0. The van der Waals surface area contributed by atoms with Crippen molar-refractivity contribution >= 4 is 11.6 Å². The van der Waals surface area contributed by atoms with Crippen LogP contribution in [0.5, 0.6) is 0 Å². The lowest BCUT2D eigenvalue weighted by molar-refractivity contribution is 0.0630. The van der Waals surface area contributed by atoms with Crippen molar-refractivity contribution in [2.45, 2.75) is 32.2 Å². The van der Waals surface area contributed by atoms with Crippen LogP contribution in [0.15, 0.2) is 11.6 Å². The second-order valence-electron chi connectivity index (χ2n) is 5.90. The molecule has 2 aliphatic rings. The van der Waals surface area contributed by atoms with Crippen LogP contribution in [0.4, 0.5) is 0 Å². The number of hydrogen-bond acceptors (Lipinski definition) is 3. The van der Waals surface area contributed by atoms with Crippen molar-refractivity contribution in [2.24, 2.45) is 0 Å². The van der Waals surface area contributed by atoms with E-state index in [1.165, 1.54) is 52.0 Å². The van der Waals surface area contributed by atoms with Crippen LogP contribution in [0.3, 0.4) is 0 Å². The fraction of sp³-hybridized carbons (Fsp3) is 0.867. The van der Waals surface area contributed by atoms with Gasteiger partial charge in [0.25, 0.3) is 0 Å². The first kappa shape index (κ1) is 15.3. The Kier molecular flexibility index (Phi) is 6.14. The average molecular weight is 286 g/mol. The molecule has 19 heavy (non-hydrogen) atoms. The maximum atomic E-state index is 5.89. The van der Waals surface area contributed by atoms with Gasteiger partial charge in [0.1, 0.15) is 0 Å². The van der Waals surface area contributed by atoms with Gasteiger partial charge in [-0.2, -0.15) is 0 Å². The zero-order chi connectivity index (χ0) is 13.7. The Labute approximate surface area is 123 Å². The zero-order valence-electron chi connectivity index (χ0n) is 12.3. The normalized spacial score (nSPS) is 24.7. The summed E-state index contributed by atoms with van der Waals surface area (Å²) in [4.78, 5) is 7.72. The van der Waals surface area contributed by atoms with E-state index in [0.717, 1.165) is 30.7 Å². The van der Waals surface area contributed by atoms with Gasteiger partial charge in [0.2, 0.25) is 0 Å². The lowest BCUT2D eigenvalue weighted by Gasteiger charge is -2.42. The quantitative estimate of drug-likeness (QED) is 0.767. The zero-order valence-corrected chi connectivity index (χ0v) is 13.0. The van der Waals surface area contributed by atoms with Crippen molar-refractivity contribution < 1.29 is 0 Å².